The molecule has 0 saturated carbocycles. The molecule has 8 aromatic rings. The van der Waals surface area contributed by atoms with Crippen molar-refractivity contribution in [1.29, 1.82) is 0 Å². The molecular weight excluding hydrogens is 1230 g/mol. The van der Waals surface area contributed by atoms with E-state index in [0.717, 1.165) is 0 Å². The second-order valence-electron chi connectivity index (χ2n) is 29.4. The monoisotopic (exact) mass is 1340 g/mol. The van der Waals surface area contributed by atoms with Crippen molar-refractivity contribution in [2.75, 3.05) is 14.2 Å². The number of rotatable bonds is 16. The molecule has 0 atom stereocenters. The number of hydrogen-bond acceptors (Lipinski definition) is 2. The predicted molar refractivity (Wildman–Crippen MR) is 432 cm³/mol. The molecule has 8 rings (SSSR count). The summed E-state index contributed by atoms with van der Waals surface area (Å²) in [7, 11) is -7.39. The van der Waals surface area contributed by atoms with Gasteiger partial charge in [0.25, 0.3) is 0 Å². The first-order valence-electron chi connectivity index (χ1n) is 32.5. The molecule has 87 heavy (non-hydrogen) atoms. The average Bonchev–Trinajstić information content (AvgIpc) is 3.49. The Morgan fingerprint density at radius 3 is 0.552 bits per heavy atom. The van der Waals surface area contributed by atoms with E-state index in [-0.39, 0.29) is 0 Å². The van der Waals surface area contributed by atoms with Crippen molar-refractivity contribution in [3.05, 3.63) is 194 Å². The van der Waals surface area contributed by atoms with Gasteiger partial charge in [-0.05, 0) is 58.8 Å². The third-order valence-corrected chi connectivity index (χ3v) is 41.0. The maximum atomic E-state index is 5.67. The van der Waals surface area contributed by atoms with Crippen LogP contribution in [-0.4, -0.2) is 108 Å². The topological polar surface area (TPSA) is 18.5 Å². The molecule has 0 amide bonds. The van der Waals surface area contributed by atoms with Gasteiger partial charge >= 0.3 is 0 Å². The lowest BCUT2D eigenvalue weighted by atomic mass is 10.1. The highest BCUT2D eigenvalue weighted by atomic mass is 28.4. The van der Waals surface area contributed by atoms with Crippen molar-refractivity contribution in [2.24, 2.45) is 0 Å². The molecular formula is C74H116O2Si11. The van der Waals surface area contributed by atoms with Gasteiger partial charge in [0.05, 0.1) is 68.9 Å². The lowest BCUT2D eigenvalue weighted by molar-refractivity contribution is 0.416. The largest absolute Gasteiger partial charge is 0.416 e. The summed E-state index contributed by atoms with van der Waals surface area (Å²) < 4.78 is 11.3. The zero-order valence-corrected chi connectivity index (χ0v) is 71.2. The van der Waals surface area contributed by atoms with E-state index in [1.165, 1.54) is 43.0 Å². The van der Waals surface area contributed by atoms with Crippen molar-refractivity contribution >= 4 is 156 Å². The summed E-state index contributed by atoms with van der Waals surface area (Å²) in [5, 5.41) is 18.3. The maximum absolute atomic E-state index is 5.67. The van der Waals surface area contributed by atoms with Gasteiger partial charge in [-0.1, -0.05) is 377 Å². The fraction of sp³-hybridized carbons (Fsp3) is 0.351. The van der Waals surface area contributed by atoms with Crippen LogP contribution in [0.25, 0.3) is 22.3 Å². The lowest BCUT2D eigenvalue weighted by Crippen LogP contribution is -2.53. The third-order valence-electron chi connectivity index (χ3n) is 17.5. The molecule has 0 spiro atoms. The summed E-state index contributed by atoms with van der Waals surface area (Å²) in [6.45, 7) is 56.7. The van der Waals surface area contributed by atoms with Gasteiger partial charge in [-0.2, -0.15) is 0 Å². The minimum atomic E-state index is -1.71. The van der Waals surface area contributed by atoms with E-state index in [2.05, 4.69) is 351 Å². The Hall–Kier alpha value is -3.93. The fourth-order valence-corrected chi connectivity index (χ4v) is 22.8. The Morgan fingerprint density at radius 2 is 0.356 bits per heavy atom. The van der Waals surface area contributed by atoms with Crippen LogP contribution in [0.2, 0.25) is 157 Å². The maximum Gasteiger partial charge on any atom is 0.217 e. The summed E-state index contributed by atoms with van der Waals surface area (Å²) in [5.41, 5.74) is 5.25. The SMILES string of the molecule is CO[Si](C)(C)c1ccc(-c2ccc([Si](C)(C)C)cc2)cc1.CO[Si](C)(C)c1ccc([Si](C)(C)C)cc1.C[SiH](C)c1ccc(-c2ccc([SiH](C)C)cc2)cc1.C[SiH](C)c1ccc([SiH](C)C)cc1.C[SiH](C)c1ccc([Si](C)(C)c2ccc([SiH](C)C)cc2)cc1. The Morgan fingerprint density at radius 1 is 0.207 bits per heavy atom. The van der Waals surface area contributed by atoms with Crippen LogP contribution in [0.3, 0.4) is 0 Å². The van der Waals surface area contributed by atoms with E-state index in [0.29, 0.717) is 0 Å². The van der Waals surface area contributed by atoms with E-state index < -0.39 is 93.6 Å². The summed E-state index contributed by atoms with van der Waals surface area (Å²) in [4.78, 5) is 0. The van der Waals surface area contributed by atoms with Crippen LogP contribution in [0.5, 0.6) is 0 Å². The minimum Gasteiger partial charge on any atom is -0.416 e. The van der Waals surface area contributed by atoms with E-state index >= 15 is 0 Å². The van der Waals surface area contributed by atoms with Crippen LogP contribution in [0, 0.1) is 0 Å². The van der Waals surface area contributed by atoms with Crippen molar-refractivity contribution < 1.29 is 8.85 Å². The Balaban J connectivity index is 0.000000236. The van der Waals surface area contributed by atoms with Crippen molar-refractivity contribution in [1.82, 2.24) is 0 Å². The summed E-state index contributed by atoms with van der Waals surface area (Å²) in [6.07, 6.45) is 0. The smallest absolute Gasteiger partial charge is 0.217 e. The second-order valence-corrected chi connectivity index (χ2v) is 69.8. The van der Waals surface area contributed by atoms with Crippen LogP contribution in [0.4, 0.5) is 0 Å². The first-order valence-corrected chi connectivity index (χ1v) is 65.6. The molecule has 0 radical (unpaired) electrons. The van der Waals surface area contributed by atoms with Gasteiger partial charge < -0.3 is 8.85 Å². The van der Waals surface area contributed by atoms with Crippen molar-refractivity contribution in [3.8, 4) is 22.3 Å². The normalized spacial score (nSPS) is 12.0. The van der Waals surface area contributed by atoms with Gasteiger partial charge in [0, 0.05) is 14.2 Å². The molecule has 0 fully saturated rings. The van der Waals surface area contributed by atoms with Gasteiger partial charge in [-0.25, -0.2) is 0 Å². The zero-order chi connectivity index (χ0) is 65.2. The van der Waals surface area contributed by atoms with Gasteiger partial charge in [0.2, 0.25) is 16.6 Å². The Kier molecular flexibility index (Phi) is 29.5. The minimum absolute atomic E-state index is 0.565. The molecule has 0 N–H and O–H groups in total. The average molecular weight is 1350 g/mol. The van der Waals surface area contributed by atoms with Crippen LogP contribution in [-0.2, 0) is 8.85 Å². The fourth-order valence-electron chi connectivity index (χ4n) is 9.96. The van der Waals surface area contributed by atoms with E-state index in [1.54, 1.807) is 41.5 Å². The standard InChI is InChI=1S/C18H26OSi2.C18H28Si3.C16H22Si2.C12H22OSi2.C10H18Si2/c1-19-21(5,6)18-13-9-16(10-14-18)15-7-11-17(12-8-15)20(2,3)4;1-19(2)15-7-11-17(12-8-15)21(5,6)18-13-9-16(10-14-18)20(3)4;1-17(2)15-9-5-13(6-10-15)14-7-11-16(12-8-14)18(3)4;1-13-15(5,6)12-9-7-11(8-10-12)14(2,3)4;1-11(2)9-5-7-10(8-6-9)12(3)4/h7-14H,1-6H3;7-14,19-20H,1-6H3;5-12,17-18H,1-4H3;7-10H,1-6H3;5-8,11-12H,1-4H3. The zero-order valence-electron chi connectivity index (χ0n) is 59.3. The van der Waals surface area contributed by atoms with Crippen LogP contribution < -0.4 is 62.2 Å². The number of hydrogen-bond donors (Lipinski definition) is 0. The molecule has 0 saturated heterocycles. The van der Waals surface area contributed by atoms with Gasteiger partial charge in [0.1, 0.15) is 8.07 Å². The Labute approximate surface area is 548 Å². The molecule has 2 nitrogen and oxygen atoms in total. The molecule has 0 aromatic heterocycles. The molecule has 0 heterocycles. The lowest BCUT2D eigenvalue weighted by Gasteiger charge is -2.24. The van der Waals surface area contributed by atoms with Crippen LogP contribution in [0.15, 0.2) is 194 Å². The highest BCUT2D eigenvalue weighted by molar-refractivity contribution is 7.00. The van der Waals surface area contributed by atoms with Crippen LogP contribution in [0.1, 0.15) is 0 Å². The van der Waals surface area contributed by atoms with Crippen molar-refractivity contribution in [2.45, 2.75) is 157 Å². The highest BCUT2D eigenvalue weighted by Gasteiger charge is 2.27. The molecule has 0 bridgehead atoms. The van der Waals surface area contributed by atoms with E-state index in [4.69, 9.17) is 8.85 Å². The van der Waals surface area contributed by atoms with Gasteiger partial charge in [-0.3, -0.25) is 0 Å². The first-order chi connectivity index (χ1) is 40.5. The van der Waals surface area contributed by atoms with Crippen LogP contribution >= 0.6 is 0 Å². The van der Waals surface area contributed by atoms with E-state index in [1.807, 2.05) is 14.2 Å². The van der Waals surface area contributed by atoms with Crippen molar-refractivity contribution in [3.63, 3.8) is 0 Å². The molecule has 8 aromatic carbocycles. The van der Waals surface area contributed by atoms with E-state index in [9.17, 15) is 0 Å². The second kappa shape index (κ2) is 33.9. The van der Waals surface area contributed by atoms with Gasteiger partial charge in [-0.15, -0.1) is 0 Å². The van der Waals surface area contributed by atoms with Gasteiger partial charge in [0.15, 0.2) is 0 Å². The summed E-state index contributed by atoms with van der Waals surface area (Å²) >= 11 is 0. The number of benzene rings is 8. The first kappa shape index (κ1) is 75.5. The molecule has 0 unspecified atom stereocenters. The Bertz CT molecular complexity index is 3120. The molecule has 0 aliphatic heterocycles. The molecule has 0 aliphatic rings. The molecule has 0 aliphatic carbocycles. The highest BCUT2D eigenvalue weighted by Crippen LogP contribution is 2.20. The summed E-state index contributed by atoms with van der Waals surface area (Å²) in [5.74, 6) is 0. The quantitative estimate of drug-likeness (QED) is 0.0898. The summed E-state index contributed by atoms with van der Waals surface area (Å²) in [6, 6.07) is 73.7. The third kappa shape index (κ3) is 23.4. The predicted octanol–water partition coefficient (Wildman–Crippen LogP) is 12.0. The molecule has 13 heteroatoms. The molecule has 468 valence electrons.